The highest BCUT2D eigenvalue weighted by Gasteiger charge is 2.34. The molecule has 5 nitrogen and oxygen atoms in total. The van der Waals surface area contributed by atoms with Gasteiger partial charge < -0.3 is 15.2 Å². The fourth-order valence-corrected chi connectivity index (χ4v) is 3.46. The van der Waals surface area contributed by atoms with Crippen molar-refractivity contribution in [2.75, 3.05) is 18.4 Å². The van der Waals surface area contributed by atoms with Crippen LogP contribution in [-0.2, 0) is 12.7 Å². The van der Waals surface area contributed by atoms with Crippen LogP contribution in [0, 0.1) is 18.7 Å². The monoisotopic (exact) mass is 447 g/mol. The molecular formula is C20H22ClF4N3O2. The maximum absolute atomic E-state index is 13.4. The van der Waals surface area contributed by atoms with Gasteiger partial charge in [-0.15, -0.1) is 12.4 Å². The van der Waals surface area contributed by atoms with Crippen molar-refractivity contribution in [1.29, 1.82) is 0 Å². The molecule has 1 unspecified atom stereocenters. The molecule has 1 aromatic carbocycles. The lowest BCUT2D eigenvalue weighted by molar-refractivity contribution is -0.139. The summed E-state index contributed by atoms with van der Waals surface area (Å²) in [7, 11) is 0. The van der Waals surface area contributed by atoms with Gasteiger partial charge >= 0.3 is 6.18 Å². The molecule has 1 aromatic heterocycles. The van der Waals surface area contributed by atoms with Gasteiger partial charge in [-0.05, 0) is 68.6 Å². The first kappa shape index (κ1) is 23.9. The van der Waals surface area contributed by atoms with Crippen molar-refractivity contribution in [3.63, 3.8) is 0 Å². The summed E-state index contributed by atoms with van der Waals surface area (Å²) in [6.07, 6.45) is -1.31. The lowest BCUT2D eigenvalue weighted by atomic mass is 9.99. The highest BCUT2D eigenvalue weighted by atomic mass is 35.5. The van der Waals surface area contributed by atoms with Crippen molar-refractivity contribution in [3.8, 4) is 0 Å². The molecule has 2 aromatic rings. The Bertz CT molecular complexity index is 969. The normalized spacial score (nSPS) is 16.6. The van der Waals surface area contributed by atoms with Gasteiger partial charge in [-0.25, -0.2) is 4.39 Å². The number of hydrogen-bond donors (Lipinski definition) is 2. The first-order valence-corrected chi connectivity index (χ1v) is 9.25. The molecule has 1 atom stereocenters. The second kappa shape index (κ2) is 9.61. The summed E-state index contributed by atoms with van der Waals surface area (Å²) >= 11 is 0. The average Bonchev–Trinajstić information content (AvgIpc) is 2.66. The number of aryl methyl sites for hydroxylation is 1. The number of rotatable bonds is 4. The molecule has 1 saturated heterocycles. The van der Waals surface area contributed by atoms with E-state index < -0.39 is 29.0 Å². The molecule has 1 amide bonds. The number of carbonyl (C=O) groups is 1. The van der Waals surface area contributed by atoms with Gasteiger partial charge in [0.05, 0.1) is 5.56 Å². The molecule has 1 aliphatic heterocycles. The molecular weight excluding hydrogens is 426 g/mol. The van der Waals surface area contributed by atoms with Gasteiger partial charge in [0.2, 0.25) is 0 Å². The summed E-state index contributed by atoms with van der Waals surface area (Å²) in [6, 6.07) is 3.79. The molecule has 0 radical (unpaired) electrons. The number of pyridine rings is 1. The Balaban J connectivity index is 0.00000320. The van der Waals surface area contributed by atoms with Gasteiger partial charge in [-0.1, -0.05) is 0 Å². The lowest BCUT2D eigenvalue weighted by Gasteiger charge is -2.23. The highest BCUT2D eigenvalue weighted by molar-refractivity contribution is 6.05. The van der Waals surface area contributed by atoms with Crippen LogP contribution in [0.2, 0.25) is 0 Å². The Labute approximate surface area is 176 Å². The Kier molecular flexibility index (Phi) is 7.65. The number of piperidine rings is 1. The number of anilines is 1. The summed E-state index contributed by atoms with van der Waals surface area (Å²) < 4.78 is 53.5. The molecule has 3 rings (SSSR count). The zero-order chi connectivity index (χ0) is 21.2. The smallest absolute Gasteiger partial charge is 0.322 e. The largest absolute Gasteiger partial charge is 0.419 e. The van der Waals surface area contributed by atoms with Crippen molar-refractivity contribution in [2.24, 2.45) is 5.92 Å². The van der Waals surface area contributed by atoms with E-state index >= 15 is 0 Å². The number of alkyl halides is 3. The second-order valence-electron chi connectivity index (χ2n) is 7.19. The van der Waals surface area contributed by atoms with Crippen molar-refractivity contribution in [3.05, 3.63) is 63.3 Å². The predicted molar refractivity (Wildman–Crippen MR) is 108 cm³/mol. The number of hydrogen-bond acceptors (Lipinski definition) is 3. The van der Waals surface area contributed by atoms with E-state index in [1.807, 2.05) is 0 Å². The molecule has 30 heavy (non-hydrogen) atoms. The molecule has 2 heterocycles. The van der Waals surface area contributed by atoms with E-state index in [0.29, 0.717) is 24.2 Å². The highest BCUT2D eigenvalue weighted by Crippen LogP contribution is 2.33. The van der Waals surface area contributed by atoms with Crippen LogP contribution >= 0.6 is 12.4 Å². The summed E-state index contributed by atoms with van der Waals surface area (Å²) in [4.78, 5) is 25.5. The minimum atomic E-state index is -4.89. The number of amides is 1. The molecule has 164 valence electrons. The third-order valence-corrected chi connectivity index (χ3v) is 4.98. The number of halogens is 5. The van der Waals surface area contributed by atoms with Crippen LogP contribution in [0.25, 0.3) is 0 Å². The maximum Gasteiger partial charge on any atom is 0.419 e. The van der Waals surface area contributed by atoms with Crippen LogP contribution in [-0.4, -0.2) is 23.6 Å². The zero-order valence-electron chi connectivity index (χ0n) is 16.2. The van der Waals surface area contributed by atoms with Crippen molar-refractivity contribution in [2.45, 2.75) is 32.5 Å². The zero-order valence-corrected chi connectivity index (χ0v) is 17.0. The first-order chi connectivity index (χ1) is 13.7. The van der Waals surface area contributed by atoms with E-state index in [2.05, 4.69) is 10.6 Å². The molecule has 2 N–H and O–H groups in total. The van der Waals surface area contributed by atoms with Gasteiger partial charge in [0.25, 0.3) is 11.5 Å². The molecule has 0 bridgehead atoms. The molecule has 0 spiro atoms. The summed E-state index contributed by atoms with van der Waals surface area (Å²) in [5.74, 6) is -2.01. The Morgan fingerprint density at radius 3 is 2.67 bits per heavy atom. The minimum absolute atomic E-state index is 0. The third kappa shape index (κ3) is 5.40. The second-order valence-corrected chi connectivity index (χ2v) is 7.19. The van der Waals surface area contributed by atoms with E-state index in [4.69, 9.17) is 0 Å². The first-order valence-electron chi connectivity index (χ1n) is 9.25. The molecule has 0 saturated carbocycles. The number of nitrogens with one attached hydrogen (secondary N) is 2. The Hall–Kier alpha value is -2.39. The van der Waals surface area contributed by atoms with Crippen LogP contribution in [0.15, 0.2) is 35.3 Å². The van der Waals surface area contributed by atoms with Crippen LogP contribution in [0.4, 0.5) is 23.2 Å². The SMILES string of the molecule is Cc1ccn(CC2CCCNC2)c(=O)c1C(=O)Nc1ccc(F)c(C(F)(F)F)c1.Cl. The Morgan fingerprint density at radius 2 is 2.03 bits per heavy atom. The predicted octanol–water partition coefficient (Wildman–Crippen LogP) is 3.99. The number of aromatic nitrogens is 1. The molecule has 10 heteroatoms. The maximum atomic E-state index is 13.4. The summed E-state index contributed by atoms with van der Waals surface area (Å²) in [5.41, 5.74) is -1.97. The number of benzene rings is 1. The third-order valence-electron chi connectivity index (χ3n) is 4.98. The molecule has 0 aliphatic carbocycles. The van der Waals surface area contributed by atoms with Crippen LogP contribution in [0.1, 0.15) is 34.3 Å². The lowest BCUT2D eigenvalue weighted by Crippen LogP contribution is -2.36. The summed E-state index contributed by atoms with van der Waals surface area (Å²) in [6.45, 7) is 3.73. The van der Waals surface area contributed by atoms with Crippen LogP contribution in [0.5, 0.6) is 0 Å². The van der Waals surface area contributed by atoms with E-state index in [-0.39, 0.29) is 29.6 Å². The summed E-state index contributed by atoms with van der Waals surface area (Å²) in [5, 5.41) is 5.54. The van der Waals surface area contributed by atoms with Gasteiger partial charge in [0.1, 0.15) is 11.4 Å². The van der Waals surface area contributed by atoms with Crippen LogP contribution in [0.3, 0.4) is 0 Å². The fraction of sp³-hybridized carbons (Fsp3) is 0.400. The van der Waals surface area contributed by atoms with Crippen molar-refractivity contribution >= 4 is 24.0 Å². The van der Waals surface area contributed by atoms with E-state index in [9.17, 15) is 27.2 Å². The van der Waals surface area contributed by atoms with Crippen molar-refractivity contribution < 1.29 is 22.4 Å². The van der Waals surface area contributed by atoms with Crippen molar-refractivity contribution in [1.82, 2.24) is 9.88 Å². The number of carbonyl (C=O) groups excluding carboxylic acids is 1. The topological polar surface area (TPSA) is 63.1 Å². The molecule has 1 fully saturated rings. The quantitative estimate of drug-likeness (QED) is 0.697. The standard InChI is InChI=1S/C20H21F4N3O2.ClH/c1-12-6-8-27(11-13-3-2-7-25-10-13)19(29)17(12)18(28)26-14-4-5-16(21)15(9-14)20(22,23)24;/h4-6,8-9,13,25H,2-3,7,10-11H2,1H3,(H,26,28);1H. The minimum Gasteiger partial charge on any atom is -0.322 e. The fourth-order valence-electron chi connectivity index (χ4n) is 3.46. The van der Waals surface area contributed by atoms with Gasteiger partial charge in [-0.2, -0.15) is 13.2 Å². The van der Waals surface area contributed by atoms with E-state index in [1.54, 1.807) is 19.2 Å². The van der Waals surface area contributed by atoms with Gasteiger partial charge in [-0.3, -0.25) is 9.59 Å². The van der Waals surface area contributed by atoms with E-state index in [1.165, 1.54) is 4.57 Å². The number of nitrogens with zero attached hydrogens (tertiary/aromatic N) is 1. The van der Waals surface area contributed by atoms with Gasteiger partial charge in [0, 0.05) is 18.4 Å². The van der Waals surface area contributed by atoms with Gasteiger partial charge in [0.15, 0.2) is 0 Å². The molecule has 1 aliphatic rings. The van der Waals surface area contributed by atoms with E-state index in [0.717, 1.165) is 32.0 Å². The Morgan fingerprint density at radius 1 is 1.30 bits per heavy atom. The average molecular weight is 448 g/mol. The van der Waals surface area contributed by atoms with Crippen LogP contribution < -0.4 is 16.2 Å².